The van der Waals surface area contributed by atoms with E-state index < -0.39 is 316 Å². The molecule has 0 unspecified atom stereocenters. The Hall–Kier alpha value is -11.0. The summed E-state index contributed by atoms with van der Waals surface area (Å²) < 4.78 is 325. The lowest BCUT2D eigenvalue weighted by atomic mass is 9.96. The molecule has 0 bridgehead atoms. The van der Waals surface area contributed by atoms with E-state index in [0.717, 1.165) is 20.5 Å². The van der Waals surface area contributed by atoms with Crippen LogP contribution in [0.4, 0.5) is 0 Å². The Balaban J connectivity index is 1.30. The fourth-order valence-corrected chi connectivity index (χ4v) is 12.7. The van der Waals surface area contributed by atoms with E-state index in [4.69, 9.17) is 13.7 Å². The van der Waals surface area contributed by atoms with Crippen LogP contribution in [0.25, 0.3) is 152 Å². The number of para-hydroxylation sites is 6. The molecule has 0 amide bonds. The molecule has 0 aliphatic heterocycles. The molecule has 0 aliphatic rings. The summed E-state index contributed by atoms with van der Waals surface area (Å²) in [5.74, 6) is 0. The minimum absolute atomic E-state index is 0.0144. The van der Waals surface area contributed by atoms with Gasteiger partial charge in [0.05, 0.1) is 118 Å². The molecule has 0 fully saturated rings. The summed E-state index contributed by atoms with van der Waals surface area (Å²) >= 11 is 0.958. The van der Waals surface area contributed by atoms with E-state index in [2.05, 4.69) is 12.1 Å². The number of hydrogen-bond donors (Lipinski definition) is 0. The maximum atomic E-state index is 13.4. The van der Waals surface area contributed by atoms with Gasteiger partial charge < -0.3 is 18.3 Å². The van der Waals surface area contributed by atoms with Gasteiger partial charge in [0.2, 0.25) is 0 Å². The summed E-state index contributed by atoms with van der Waals surface area (Å²) in [6, 6.07) is -16.6. The fourth-order valence-electron chi connectivity index (χ4n) is 11.5. The second kappa shape index (κ2) is 17.3. The standard InChI is InChI=1S/C74H42N6S/c75-43-58-69(77-60-32-14-7-25-48(60)49-26-8-15-33-61(49)77)70(78-62-34-16-9-27-50(62)51-28-10-17-35-63(51)78)59(44-76)72(71(58)79-64-36-18-11-29-52(64)53-30-12-19-37-65(53)79)80-66-40-39-47(45-21-3-1-4-22-45)41-56(66)57-42-55(46-23-5-2-6-24-46)68-54-31-13-20-38-67(54)81-74(68)73(57)80/h1-42H/i1D,2D,3D,4D,5D,6D,7D,8D,9D,10D,11D,12D,14D,15D,16D,17D,18D,19D,21D,22D,23D,24D,25D,26D,27D,28D,29D,30D,32D,33D,34D,35D,36D,37D. The monoisotopic (exact) mass is 1080 g/mol. The topological polar surface area (TPSA) is 67.3 Å². The SMILES string of the molecule is [2H]c1c([2H])c([2H])c(-c2ccc3c(c2)c2cc(-c4c([2H])c([2H])c([2H])c([2H])c4[2H])c4c5ccccc5sc4c2n3-c2c(C#N)c(-n3c4c([2H])c([2H])c([2H])c([2H])c4c4c([2H])c([2H])c([2H])c([2H])c43)c(-n3c4c([2H])c([2H])c([2H])c([2H])c4c4c([2H])c([2H])c([2H])c([2H])c43)c(C#N)c2-n2c3c([2H])c([2H])c([2H])c([2H])c3c3c([2H])c([2H])c([2H])c([2H])c32)c([2H])c1[2H]. The molecule has 0 spiro atoms. The highest BCUT2D eigenvalue weighted by Crippen LogP contribution is 2.52. The summed E-state index contributed by atoms with van der Waals surface area (Å²) in [5.41, 5.74) is -12.7. The Morgan fingerprint density at radius 2 is 0.728 bits per heavy atom. The number of benzene rings is 12. The van der Waals surface area contributed by atoms with Crippen molar-refractivity contribution in [3.63, 3.8) is 0 Å². The van der Waals surface area contributed by atoms with E-state index in [9.17, 15) is 43.4 Å². The lowest BCUT2D eigenvalue weighted by molar-refractivity contribution is 1.03. The van der Waals surface area contributed by atoms with Crippen molar-refractivity contribution in [3.05, 3.63) is 265 Å². The minimum atomic E-state index is -1.13. The van der Waals surface area contributed by atoms with E-state index in [1.165, 1.54) is 28.8 Å². The first-order valence-corrected chi connectivity index (χ1v) is 25.2. The van der Waals surface area contributed by atoms with E-state index in [-0.39, 0.29) is 43.0 Å². The highest BCUT2D eigenvalue weighted by Gasteiger charge is 2.35. The van der Waals surface area contributed by atoms with Crippen LogP contribution in [0.3, 0.4) is 0 Å². The molecular formula is C74H42N6S. The predicted octanol–water partition coefficient (Wildman–Crippen LogP) is 19.5. The van der Waals surface area contributed by atoms with Gasteiger partial charge in [-0.25, -0.2) is 0 Å². The van der Waals surface area contributed by atoms with Crippen LogP contribution in [0.15, 0.2) is 254 Å². The van der Waals surface area contributed by atoms with Gasteiger partial charge in [0.1, 0.15) is 23.3 Å². The number of hydrogen-bond acceptors (Lipinski definition) is 3. The Morgan fingerprint density at radius 3 is 1.17 bits per heavy atom. The highest BCUT2D eigenvalue weighted by molar-refractivity contribution is 7.26. The quantitative estimate of drug-likeness (QED) is 0.166. The normalized spacial score (nSPS) is 17.8. The highest BCUT2D eigenvalue weighted by atomic mass is 32.1. The molecular weight excluding hydrogens is 1000 g/mol. The third-order valence-electron chi connectivity index (χ3n) is 14.5. The maximum absolute atomic E-state index is 13.4. The largest absolute Gasteiger partial charge is 0.306 e. The molecule has 5 heterocycles. The van der Waals surface area contributed by atoms with Crippen LogP contribution in [0.5, 0.6) is 0 Å². The lowest BCUT2D eigenvalue weighted by Gasteiger charge is -2.27. The first kappa shape index (κ1) is 23.2. The average Bonchev–Trinajstić information content (AvgIpc) is 1.52. The second-order valence-corrected chi connectivity index (χ2v) is 19.5. The Bertz CT molecular complexity index is 7450. The summed E-state index contributed by atoms with van der Waals surface area (Å²) in [6.45, 7) is 0. The zero-order chi connectivity index (χ0) is 83.0. The predicted molar refractivity (Wildman–Crippen MR) is 337 cm³/mol. The number of aromatic nitrogens is 4. The summed E-state index contributed by atoms with van der Waals surface area (Å²) in [6.07, 6.45) is 0. The van der Waals surface area contributed by atoms with E-state index in [1.54, 1.807) is 24.3 Å². The van der Waals surface area contributed by atoms with Crippen LogP contribution in [-0.2, 0) is 0 Å². The first-order valence-electron chi connectivity index (χ1n) is 41.4. The van der Waals surface area contributed by atoms with E-state index in [1.807, 2.05) is 0 Å². The smallest absolute Gasteiger partial charge is 0.104 e. The van der Waals surface area contributed by atoms with Crippen molar-refractivity contribution in [2.45, 2.75) is 0 Å². The molecule has 6 nitrogen and oxygen atoms in total. The number of nitrogens with zero attached hydrogens (tertiary/aromatic N) is 6. The summed E-state index contributed by atoms with van der Waals surface area (Å²) in [7, 11) is 0. The molecule has 0 saturated heterocycles. The summed E-state index contributed by atoms with van der Waals surface area (Å²) in [4.78, 5) is 0. The van der Waals surface area contributed by atoms with E-state index in [0.29, 0.717) is 14.7 Å². The zero-order valence-corrected chi connectivity index (χ0v) is 41.5. The molecule has 0 saturated carbocycles. The maximum Gasteiger partial charge on any atom is 0.104 e. The zero-order valence-electron chi connectivity index (χ0n) is 74.7. The molecule has 12 aromatic carbocycles. The van der Waals surface area contributed by atoms with Crippen LogP contribution in [0.1, 0.15) is 57.7 Å². The number of thiophene rings is 1. The summed E-state index contributed by atoms with van der Waals surface area (Å²) in [5, 5.41) is 22.6. The molecule has 0 atom stereocenters. The molecule has 5 aromatic heterocycles. The van der Waals surface area contributed by atoms with Crippen LogP contribution < -0.4 is 0 Å². The van der Waals surface area contributed by atoms with Gasteiger partial charge in [0.15, 0.2) is 0 Å². The van der Waals surface area contributed by atoms with Gasteiger partial charge in [-0.2, -0.15) is 10.5 Å². The molecule has 17 aromatic rings. The molecule has 0 aliphatic carbocycles. The number of nitriles is 2. The van der Waals surface area contributed by atoms with Gasteiger partial charge in [0, 0.05) is 58.6 Å². The molecule has 7 heteroatoms. The van der Waals surface area contributed by atoms with Gasteiger partial charge in [-0.05, 0) is 82.8 Å². The molecule has 0 radical (unpaired) electrons. The third kappa shape index (κ3) is 6.24. The van der Waals surface area contributed by atoms with Crippen molar-refractivity contribution < 1.29 is 46.6 Å². The Morgan fingerprint density at radius 1 is 0.333 bits per heavy atom. The van der Waals surface area contributed by atoms with Gasteiger partial charge in [-0.1, -0.05) is 193 Å². The number of rotatable bonds is 6. The van der Waals surface area contributed by atoms with Crippen molar-refractivity contribution in [1.29, 1.82) is 10.5 Å². The van der Waals surface area contributed by atoms with Crippen molar-refractivity contribution in [3.8, 4) is 57.1 Å². The lowest BCUT2D eigenvalue weighted by Crippen LogP contribution is -2.16. The van der Waals surface area contributed by atoms with Crippen molar-refractivity contribution in [2.75, 3.05) is 0 Å². The Labute approximate surface area is 515 Å². The molecule has 81 heavy (non-hydrogen) atoms. The van der Waals surface area contributed by atoms with Crippen LogP contribution >= 0.6 is 11.3 Å². The van der Waals surface area contributed by atoms with Crippen molar-refractivity contribution >= 4 is 119 Å². The molecule has 0 N–H and O–H groups in total. The van der Waals surface area contributed by atoms with Crippen LogP contribution in [0, 0.1) is 22.7 Å². The van der Waals surface area contributed by atoms with Crippen LogP contribution in [-0.4, -0.2) is 18.3 Å². The minimum Gasteiger partial charge on any atom is -0.306 e. The fraction of sp³-hybridized carbons (Fsp3) is 0. The van der Waals surface area contributed by atoms with Gasteiger partial charge in [-0.3, -0.25) is 0 Å². The van der Waals surface area contributed by atoms with Crippen LogP contribution in [0.2, 0.25) is 0 Å². The third-order valence-corrected chi connectivity index (χ3v) is 15.7. The molecule has 374 valence electrons. The number of fused-ring (bicyclic) bond motifs is 16. The average molecular weight is 1080 g/mol. The molecule has 17 rings (SSSR count). The van der Waals surface area contributed by atoms with Gasteiger partial charge in [0.25, 0.3) is 0 Å². The van der Waals surface area contributed by atoms with Crippen molar-refractivity contribution in [1.82, 2.24) is 18.3 Å². The Kier molecular flexibility index (Phi) is 4.94. The second-order valence-electron chi connectivity index (χ2n) is 18.4. The van der Waals surface area contributed by atoms with Gasteiger partial charge >= 0.3 is 0 Å². The van der Waals surface area contributed by atoms with Gasteiger partial charge in [-0.15, -0.1) is 11.3 Å². The first-order chi connectivity index (χ1) is 54.3. The van der Waals surface area contributed by atoms with Crippen molar-refractivity contribution in [2.24, 2.45) is 0 Å². The van der Waals surface area contributed by atoms with E-state index >= 15 is 0 Å².